The van der Waals surface area contributed by atoms with Gasteiger partial charge >= 0.3 is 0 Å². The molecule has 3 aromatic rings. The molecule has 0 unspecified atom stereocenters. The van der Waals surface area contributed by atoms with E-state index in [9.17, 15) is 9.59 Å². The quantitative estimate of drug-likeness (QED) is 0.757. The number of allylic oxidation sites excluding steroid dienone is 3. The number of benzene rings is 2. The minimum atomic E-state index is -0.665. The van der Waals surface area contributed by atoms with Crippen LogP contribution in [-0.2, 0) is 0 Å². The summed E-state index contributed by atoms with van der Waals surface area (Å²) >= 11 is 0. The van der Waals surface area contributed by atoms with Crippen molar-refractivity contribution in [2.75, 3.05) is 0 Å². The molecule has 2 heterocycles. The average molecular weight is 327 g/mol. The summed E-state index contributed by atoms with van der Waals surface area (Å²) in [6, 6.07) is 13.4. The number of primary amides is 2. The third-order valence-corrected chi connectivity index (χ3v) is 4.81. The number of carbonyl (C=O) groups excluding carboxylic acids is 2. The number of para-hydroxylation sites is 1. The first-order chi connectivity index (χ1) is 12.1. The number of amides is 2. The second-order valence-corrected chi connectivity index (χ2v) is 6.24. The lowest BCUT2D eigenvalue weighted by molar-refractivity contribution is 0.0967. The zero-order chi connectivity index (χ0) is 17.3. The van der Waals surface area contributed by atoms with Crippen LogP contribution in [0.3, 0.4) is 0 Å². The molecule has 0 saturated carbocycles. The van der Waals surface area contributed by atoms with Gasteiger partial charge in [0.1, 0.15) is 0 Å². The first-order valence-electron chi connectivity index (χ1n) is 7.87. The van der Waals surface area contributed by atoms with Crippen LogP contribution in [0.2, 0.25) is 0 Å². The Morgan fingerprint density at radius 2 is 1.76 bits per heavy atom. The molecule has 0 saturated heterocycles. The summed E-state index contributed by atoms with van der Waals surface area (Å²) in [4.78, 5) is 24.1. The lowest BCUT2D eigenvalue weighted by Gasteiger charge is -2.14. The summed E-state index contributed by atoms with van der Waals surface area (Å²) in [7, 11) is 0. The molecule has 1 aromatic heterocycles. The van der Waals surface area contributed by atoms with Crippen molar-refractivity contribution < 1.29 is 9.59 Å². The summed E-state index contributed by atoms with van der Waals surface area (Å²) in [6.45, 7) is 0. The second kappa shape index (κ2) is 4.48. The molecule has 0 spiro atoms. The second-order valence-electron chi connectivity index (χ2n) is 6.24. The van der Waals surface area contributed by atoms with Crippen molar-refractivity contribution in [3.05, 3.63) is 70.8 Å². The lowest BCUT2D eigenvalue weighted by Crippen LogP contribution is -2.22. The molecule has 0 atom stereocenters. The van der Waals surface area contributed by atoms with E-state index in [1.54, 1.807) is 6.07 Å². The maximum Gasteiger partial charge on any atom is 0.250 e. The number of nitrogens with zero attached hydrogens (tertiary/aromatic N) is 1. The van der Waals surface area contributed by atoms with Gasteiger partial charge in [-0.15, -0.1) is 0 Å². The number of nitrogens with two attached hydrogens (primary N) is 2. The number of fused-ring (bicyclic) bond motifs is 7. The van der Waals surface area contributed by atoms with Crippen molar-refractivity contribution >= 4 is 34.5 Å². The number of carbonyl (C=O) groups is 2. The Hall–Kier alpha value is -3.60. The highest BCUT2D eigenvalue weighted by Gasteiger charge is 2.32. The van der Waals surface area contributed by atoms with E-state index >= 15 is 0 Å². The van der Waals surface area contributed by atoms with Gasteiger partial charge in [0.25, 0.3) is 0 Å². The number of aromatic nitrogens is 1. The molecule has 25 heavy (non-hydrogen) atoms. The van der Waals surface area contributed by atoms with Crippen molar-refractivity contribution in [1.82, 2.24) is 4.57 Å². The fourth-order valence-corrected chi connectivity index (χ4v) is 3.66. The molecule has 5 heteroatoms. The molecular weight excluding hydrogens is 314 g/mol. The number of hydrogen-bond acceptors (Lipinski definition) is 2. The van der Waals surface area contributed by atoms with Crippen molar-refractivity contribution in [2.45, 2.75) is 0 Å². The maximum absolute atomic E-state index is 12.2. The largest absolute Gasteiger partial charge is 0.366 e. The van der Waals surface area contributed by atoms with Crippen LogP contribution >= 0.6 is 0 Å². The minimum Gasteiger partial charge on any atom is -0.366 e. The first-order valence-corrected chi connectivity index (χ1v) is 7.87. The molecule has 2 amide bonds. The van der Waals surface area contributed by atoms with E-state index in [4.69, 9.17) is 11.5 Å². The van der Waals surface area contributed by atoms with Crippen LogP contribution in [0.25, 0.3) is 33.9 Å². The summed E-state index contributed by atoms with van der Waals surface area (Å²) in [6.07, 6.45) is 4.09. The number of hydrogen-bond donors (Lipinski definition) is 2. The molecule has 5 rings (SSSR count). The minimum absolute atomic E-state index is 0.146. The Bertz CT molecular complexity index is 1200. The molecular formula is C20H13N3O2. The zero-order valence-electron chi connectivity index (χ0n) is 13.1. The van der Waals surface area contributed by atoms with E-state index in [0.29, 0.717) is 5.56 Å². The third-order valence-electron chi connectivity index (χ3n) is 4.81. The maximum atomic E-state index is 12.2. The third kappa shape index (κ3) is 1.77. The van der Waals surface area contributed by atoms with Crippen molar-refractivity contribution in [3.8, 4) is 11.3 Å². The Morgan fingerprint density at radius 1 is 0.960 bits per heavy atom. The fraction of sp³-hybridized carbons (Fsp3) is 0. The Morgan fingerprint density at radius 3 is 2.52 bits per heavy atom. The van der Waals surface area contributed by atoms with Crippen LogP contribution in [0.15, 0.2) is 54.1 Å². The van der Waals surface area contributed by atoms with Crippen LogP contribution < -0.4 is 11.5 Å². The van der Waals surface area contributed by atoms with Gasteiger partial charge in [-0.05, 0) is 41.0 Å². The van der Waals surface area contributed by atoms with Crippen LogP contribution in [0.5, 0.6) is 0 Å². The number of rotatable bonds is 2. The molecule has 2 aromatic carbocycles. The Kier molecular flexibility index (Phi) is 2.47. The summed E-state index contributed by atoms with van der Waals surface area (Å²) in [5.74, 6) is -1.33. The molecule has 0 fully saturated rings. The van der Waals surface area contributed by atoms with Gasteiger partial charge < -0.3 is 16.0 Å². The molecule has 0 radical (unpaired) electrons. The average Bonchev–Trinajstić information content (AvgIpc) is 3.28. The molecule has 0 bridgehead atoms. The van der Waals surface area contributed by atoms with Gasteiger partial charge in [-0.25, -0.2) is 0 Å². The van der Waals surface area contributed by atoms with Gasteiger partial charge in [0, 0.05) is 17.1 Å². The van der Waals surface area contributed by atoms with Crippen molar-refractivity contribution in [1.29, 1.82) is 0 Å². The van der Waals surface area contributed by atoms with E-state index in [1.165, 1.54) is 0 Å². The summed E-state index contributed by atoms with van der Waals surface area (Å²) < 4.78 is 2.04. The molecule has 5 nitrogen and oxygen atoms in total. The van der Waals surface area contributed by atoms with Gasteiger partial charge in [0.15, 0.2) is 0 Å². The van der Waals surface area contributed by atoms with E-state index in [-0.39, 0.29) is 11.1 Å². The van der Waals surface area contributed by atoms with Crippen LogP contribution in [0, 0.1) is 0 Å². The van der Waals surface area contributed by atoms with E-state index in [0.717, 1.165) is 33.3 Å². The van der Waals surface area contributed by atoms with Gasteiger partial charge in [-0.1, -0.05) is 24.3 Å². The van der Waals surface area contributed by atoms with Crippen LogP contribution in [0.1, 0.15) is 26.3 Å². The topological polar surface area (TPSA) is 91.1 Å². The smallest absolute Gasteiger partial charge is 0.250 e. The molecule has 1 aliphatic heterocycles. The monoisotopic (exact) mass is 327 g/mol. The normalized spacial score (nSPS) is 13.9. The van der Waals surface area contributed by atoms with Crippen LogP contribution in [-0.4, -0.2) is 16.4 Å². The first kappa shape index (κ1) is 13.8. The van der Waals surface area contributed by atoms with Crippen LogP contribution in [0.4, 0.5) is 0 Å². The Balaban J connectivity index is 1.97. The fourth-order valence-electron chi connectivity index (χ4n) is 3.66. The lowest BCUT2D eigenvalue weighted by atomic mass is 9.91. The van der Waals surface area contributed by atoms with Crippen molar-refractivity contribution in [2.24, 2.45) is 11.5 Å². The van der Waals surface area contributed by atoms with Gasteiger partial charge in [-0.3, -0.25) is 9.59 Å². The molecule has 2 aliphatic rings. The Labute approximate surface area is 142 Å². The molecule has 120 valence electrons. The zero-order valence-corrected chi connectivity index (χ0v) is 13.1. The van der Waals surface area contributed by atoms with Gasteiger partial charge in [-0.2, -0.15) is 0 Å². The van der Waals surface area contributed by atoms with Crippen molar-refractivity contribution in [3.63, 3.8) is 0 Å². The van der Waals surface area contributed by atoms with E-state index < -0.39 is 11.8 Å². The predicted octanol–water partition coefficient (Wildman–Crippen LogP) is 2.76. The summed E-state index contributed by atoms with van der Waals surface area (Å²) in [5, 5.41) is 1.05. The van der Waals surface area contributed by atoms with E-state index in [2.05, 4.69) is 0 Å². The predicted molar refractivity (Wildman–Crippen MR) is 96.7 cm³/mol. The highest BCUT2D eigenvalue weighted by Crippen LogP contribution is 2.48. The van der Waals surface area contributed by atoms with Gasteiger partial charge in [0.2, 0.25) is 11.8 Å². The highest BCUT2D eigenvalue weighted by molar-refractivity contribution is 6.16. The standard InChI is InChI=1S/C20H13N3O2/c21-19(24)13-6-5-12-14-7-11(14)9-23-15-4-2-1-3-10(15)8-16(23)17(12)18(13)20(22)25/h1-9H,(H2,21,24)(H2,22,25). The van der Waals surface area contributed by atoms with Gasteiger partial charge in [0.05, 0.1) is 22.3 Å². The van der Waals surface area contributed by atoms with E-state index in [1.807, 2.05) is 53.2 Å². The SMILES string of the molecule is NC(=O)c1ccc2c(c1C(N)=O)-c1cc3ccccc3n1C=C1C=C12. The highest BCUT2D eigenvalue weighted by atomic mass is 16.2. The summed E-state index contributed by atoms with van der Waals surface area (Å²) in [5.41, 5.74) is 17.0. The molecule has 1 aliphatic carbocycles. The molecule has 4 N–H and O–H groups in total.